The van der Waals surface area contributed by atoms with Gasteiger partial charge in [0.2, 0.25) is 0 Å². The van der Waals surface area contributed by atoms with Crippen LogP contribution in [0, 0.1) is 22.7 Å². The van der Waals surface area contributed by atoms with Gasteiger partial charge in [-0.05, 0) is 38.1 Å². The van der Waals surface area contributed by atoms with Gasteiger partial charge in [0, 0.05) is 24.3 Å². The Balaban J connectivity index is 2.35. The van der Waals surface area contributed by atoms with E-state index in [1.54, 1.807) is 0 Å². The highest BCUT2D eigenvalue weighted by molar-refractivity contribution is 5.53. The first-order valence-electron chi connectivity index (χ1n) is 6.45. The molecular formula is C15H18N4. The lowest BCUT2D eigenvalue weighted by Crippen LogP contribution is -2.63. The fraction of sp³-hybridized carbons (Fsp3) is 0.467. The zero-order chi connectivity index (χ0) is 13.9. The molecule has 0 amide bonds. The highest BCUT2D eigenvalue weighted by atomic mass is 15.3. The third-order valence-electron chi connectivity index (χ3n) is 3.56. The second-order valence-corrected chi connectivity index (χ2v) is 5.49. The average Bonchev–Trinajstić information content (AvgIpc) is 2.39. The van der Waals surface area contributed by atoms with Gasteiger partial charge in [0.15, 0.2) is 0 Å². The Morgan fingerprint density at radius 2 is 2.00 bits per heavy atom. The van der Waals surface area contributed by atoms with E-state index < -0.39 is 0 Å². The Hall–Kier alpha value is -2.04. The summed E-state index contributed by atoms with van der Waals surface area (Å²) in [6.07, 6.45) is 0.496. The summed E-state index contributed by atoms with van der Waals surface area (Å²) in [7, 11) is 0. The van der Waals surface area contributed by atoms with Crippen molar-refractivity contribution in [2.75, 3.05) is 18.0 Å². The number of piperazine rings is 1. The van der Waals surface area contributed by atoms with Crippen LogP contribution in [-0.2, 0) is 0 Å². The first kappa shape index (κ1) is 13.4. The molecular weight excluding hydrogens is 236 g/mol. The number of hydrogen-bond acceptors (Lipinski definition) is 4. The van der Waals surface area contributed by atoms with E-state index in [1.165, 1.54) is 0 Å². The summed E-state index contributed by atoms with van der Waals surface area (Å²) < 4.78 is 0. The molecule has 4 heteroatoms. The molecule has 1 aromatic carbocycles. The lowest BCUT2D eigenvalue weighted by Gasteiger charge is -2.49. The molecule has 1 saturated heterocycles. The fourth-order valence-corrected chi connectivity index (χ4v) is 2.74. The lowest BCUT2D eigenvalue weighted by molar-refractivity contribution is 0.324. The first-order chi connectivity index (χ1) is 9.08. The smallest absolute Gasteiger partial charge is 0.0991 e. The second-order valence-electron chi connectivity index (χ2n) is 5.49. The van der Waals surface area contributed by atoms with Gasteiger partial charge in [-0.2, -0.15) is 10.5 Å². The Kier molecular flexibility index (Phi) is 3.74. The topological polar surface area (TPSA) is 62.9 Å². The molecule has 4 nitrogen and oxygen atoms in total. The van der Waals surface area contributed by atoms with Crippen molar-refractivity contribution in [3.63, 3.8) is 0 Å². The van der Waals surface area contributed by atoms with Crippen LogP contribution < -0.4 is 10.2 Å². The lowest BCUT2D eigenvalue weighted by atomic mass is 9.93. The molecule has 0 aromatic heterocycles. The molecule has 1 aromatic rings. The molecule has 0 radical (unpaired) electrons. The number of nitrogens with zero attached hydrogens (tertiary/aromatic N) is 3. The first-order valence-corrected chi connectivity index (χ1v) is 6.45. The van der Waals surface area contributed by atoms with Gasteiger partial charge in [0.1, 0.15) is 0 Å². The van der Waals surface area contributed by atoms with Crippen LogP contribution in [0.1, 0.15) is 25.8 Å². The van der Waals surface area contributed by atoms with E-state index in [4.69, 9.17) is 10.5 Å². The van der Waals surface area contributed by atoms with Crippen LogP contribution in [0.15, 0.2) is 24.3 Å². The van der Waals surface area contributed by atoms with Crippen LogP contribution >= 0.6 is 0 Å². The maximum Gasteiger partial charge on any atom is 0.0991 e. The van der Waals surface area contributed by atoms with E-state index in [0.717, 1.165) is 18.8 Å². The molecule has 98 valence electrons. The van der Waals surface area contributed by atoms with Gasteiger partial charge in [0.05, 0.1) is 30.2 Å². The van der Waals surface area contributed by atoms with E-state index in [2.05, 4.69) is 36.2 Å². The predicted molar refractivity (Wildman–Crippen MR) is 74.6 cm³/mol. The van der Waals surface area contributed by atoms with Crippen molar-refractivity contribution >= 4 is 5.69 Å². The van der Waals surface area contributed by atoms with E-state index in [1.807, 2.05) is 24.3 Å². The monoisotopic (exact) mass is 254 g/mol. The van der Waals surface area contributed by atoms with Crippen molar-refractivity contribution in [1.82, 2.24) is 5.32 Å². The summed E-state index contributed by atoms with van der Waals surface area (Å²) >= 11 is 0. The highest BCUT2D eigenvalue weighted by Gasteiger charge is 2.36. The van der Waals surface area contributed by atoms with Crippen LogP contribution in [0.4, 0.5) is 5.69 Å². The van der Waals surface area contributed by atoms with Gasteiger partial charge in [-0.1, -0.05) is 0 Å². The maximum absolute atomic E-state index is 8.99. The molecule has 1 unspecified atom stereocenters. The van der Waals surface area contributed by atoms with Crippen molar-refractivity contribution in [3.05, 3.63) is 29.8 Å². The number of benzene rings is 1. The van der Waals surface area contributed by atoms with E-state index in [9.17, 15) is 0 Å². The van der Waals surface area contributed by atoms with Crippen LogP contribution in [0.2, 0.25) is 0 Å². The average molecular weight is 254 g/mol. The summed E-state index contributed by atoms with van der Waals surface area (Å²) in [5, 5.41) is 21.2. The van der Waals surface area contributed by atoms with E-state index in [-0.39, 0.29) is 11.6 Å². The molecule has 2 rings (SSSR count). The summed E-state index contributed by atoms with van der Waals surface area (Å²) in [6, 6.07) is 12.2. The van der Waals surface area contributed by atoms with E-state index >= 15 is 0 Å². The molecule has 1 fully saturated rings. The fourth-order valence-electron chi connectivity index (χ4n) is 2.74. The second kappa shape index (κ2) is 5.30. The summed E-state index contributed by atoms with van der Waals surface area (Å²) in [6.45, 7) is 6.04. The summed E-state index contributed by atoms with van der Waals surface area (Å²) in [5.41, 5.74) is 1.69. The molecule has 0 aliphatic carbocycles. The van der Waals surface area contributed by atoms with Gasteiger partial charge < -0.3 is 10.2 Å². The standard InChI is InChI=1S/C15H18N4/c1-15(2)11-18-10-14(7-8-16)19(15)13-5-3-12(9-17)4-6-13/h3-6,14,18H,7,10-11H2,1-2H3. The Labute approximate surface area is 114 Å². The number of hydrogen-bond donors (Lipinski definition) is 1. The van der Waals surface area contributed by atoms with Crippen molar-refractivity contribution in [2.24, 2.45) is 0 Å². The molecule has 19 heavy (non-hydrogen) atoms. The van der Waals surface area contributed by atoms with Crippen molar-refractivity contribution < 1.29 is 0 Å². The minimum absolute atomic E-state index is 0.0477. The molecule has 1 atom stereocenters. The summed E-state index contributed by atoms with van der Waals surface area (Å²) in [5.74, 6) is 0. The van der Waals surface area contributed by atoms with Crippen LogP contribution in [0.5, 0.6) is 0 Å². The van der Waals surface area contributed by atoms with Gasteiger partial charge >= 0.3 is 0 Å². The summed E-state index contributed by atoms with van der Waals surface area (Å²) in [4.78, 5) is 2.30. The number of rotatable bonds is 2. The molecule has 1 aliphatic rings. The van der Waals surface area contributed by atoms with E-state index in [0.29, 0.717) is 12.0 Å². The largest absolute Gasteiger partial charge is 0.360 e. The molecule has 0 saturated carbocycles. The Morgan fingerprint density at radius 1 is 1.32 bits per heavy atom. The van der Waals surface area contributed by atoms with Crippen molar-refractivity contribution in [1.29, 1.82) is 10.5 Å². The normalized spacial score (nSPS) is 21.5. The third kappa shape index (κ3) is 2.70. The van der Waals surface area contributed by atoms with Gasteiger partial charge in [-0.25, -0.2) is 0 Å². The van der Waals surface area contributed by atoms with Crippen LogP contribution in [-0.4, -0.2) is 24.7 Å². The number of anilines is 1. The Morgan fingerprint density at radius 3 is 2.58 bits per heavy atom. The molecule has 1 N–H and O–H groups in total. The minimum atomic E-state index is -0.0477. The molecule has 1 aliphatic heterocycles. The van der Waals surface area contributed by atoms with Crippen LogP contribution in [0.3, 0.4) is 0 Å². The van der Waals surface area contributed by atoms with Gasteiger partial charge in [0.25, 0.3) is 0 Å². The molecule has 0 spiro atoms. The molecule has 0 bridgehead atoms. The van der Waals surface area contributed by atoms with Crippen molar-refractivity contribution in [3.8, 4) is 12.1 Å². The van der Waals surface area contributed by atoms with Gasteiger partial charge in [-0.15, -0.1) is 0 Å². The number of nitrogens with one attached hydrogen (secondary N) is 1. The van der Waals surface area contributed by atoms with Gasteiger partial charge in [-0.3, -0.25) is 0 Å². The zero-order valence-electron chi connectivity index (χ0n) is 11.3. The van der Waals surface area contributed by atoms with Crippen LogP contribution in [0.25, 0.3) is 0 Å². The quantitative estimate of drug-likeness (QED) is 0.877. The highest BCUT2D eigenvalue weighted by Crippen LogP contribution is 2.30. The minimum Gasteiger partial charge on any atom is -0.360 e. The zero-order valence-corrected chi connectivity index (χ0v) is 11.3. The SMILES string of the molecule is CC1(C)CNCC(CC#N)N1c1ccc(C#N)cc1. The van der Waals surface area contributed by atoms with Crippen molar-refractivity contribution in [2.45, 2.75) is 31.8 Å². The molecule has 1 heterocycles. The Bertz CT molecular complexity index is 519. The maximum atomic E-state index is 8.99. The number of nitriles is 2. The third-order valence-corrected chi connectivity index (χ3v) is 3.56. The predicted octanol–water partition coefficient (Wildman–Crippen LogP) is 2.03.